The van der Waals surface area contributed by atoms with E-state index < -0.39 is 15.8 Å². The zero-order valence-corrected chi connectivity index (χ0v) is 17.2. The molecule has 2 aromatic carbocycles. The number of aryl methyl sites for hydroxylation is 1. The molecule has 8 heteroatoms. The number of hydrogen-bond donors (Lipinski definition) is 0. The summed E-state index contributed by atoms with van der Waals surface area (Å²) in [6.07, 6.45) is 0.882. The van der Waals surface area contributed by atoms with Crippen molar-refractivity contribution in [2.75, 3.05) is 32.8 Å². The minimum absolute atomic E-state index is 0.0285. The summed E-state index contributed by atoms with van der Waals surface area (Å²) in [6, 6.07) is 13.0. The number of carbonyl (C=O) groups is 1. The van der Waals surface area contributed by atoms with Gasteiger partial charge in [0.2, 0.25) is 15.9 Å². The number of carbonyl (C=O) groups excluding carboxylic acids is 1. The largest absolute Gasteiger partial charge is 0.494 e. The number of rotatable bonds is 7. The van der Waals surface area contributed by atoms with Gasteiger partial charge in [-0.05, 0) is 37.1 Å². The summed E-state index contributed by atoms with van der Waals surface area (Å²) in [7, 11) is -3.91. The molecule has 0 unspecified atom stereocenters. The van der Waals surface area contributed by atoms with E-state index in [4.69, 9.17) is 4.74 Å². The molecular weight excluding hydrogens is 395 g/mol. The number of amides is 1. The zero-order valence-electron chi connectivity index (χ0n) is 16.4. The Morgan fingerprint density at radius 3 is 2.38 bits per heavy atom. The monoisotopic (exact) mass is 420 g/mol. The van der Waals surface area contributed by atoms with Gasteiger partial charge in [-0.15, -0.1) is 0 Å². The Morgan fingerprint density at radius 1 is 1.03 bits per heavy atom. The molecule has 1 aliphatic rings. The van der Waals surface area contributed by atoms with E-state index in [0.717, 1.165) is 17.4 Å². The predicted molar refractivity (Wildman–Crippen MR) is 108 cm³/mol. The third kappa shape index (κ3) is 4.94. The Bertz CT molecular complexity index is 957. The van der Waals surface area contributed by atoms with E-state index >= 15 is 0 Å². The summed E-state index contributed by atoms with van der Waals surface area (Å²) >= 11 is 0. The maximum Gasteiger partial charge on any atom is 0.246 e. The molecule has 1 aliphatic heterocycles. The van der Waals surface area contributed by atoms with Crippen LogP contribution in [0.2, 0.25) is 0 Å². The van der Waals surface area contributed by atoms with Crippen LogP contribution >= 0.6 is 0 Å². The lowest BCUT2D eigenvalue weighted by molar-refractivity contribution is -0.132. The fourth-order valence-electron chi connectivity index (χ4n) is 3.38. The van der Waals surface area contributed by atoms with E-state index in [9.17, 15) is 17.6 Å². The average molecular weight is 421 g/mol. The van der Waals surface area contributed by atoms with Crippen molar-refractivity contribution in [3.63, 3.8) is 0 Å². The van der Waals surface area contributed by atoms with Gasteiger partial charge in [0.25, 0.3) is 0 Å². The van der Waals surface area contributed by atoms with E-state index in [-0.39, 0.29) is 23.9 Å². The second-order valence-electron chi connectivity index (χ2n) is 6.76. The summed E-state index contributed by atoms with van der Waals surface area (Å²) < 4.78 is 46.1. The molecule has 29 heavy (non-hydrogen) atoms. The molecule has 1 fully saturated rings. The van der Waals surface area contributed by atoms with Crippen LogP contribution in [0.4, 0.5) is 4.39 Å². The van der Waals surface area contributed by atoms with Crippen molar-refractivity contribution in [3.8, 4) is 5.75 Å². The van der Waals surface area contributed by atoms with Gasteiger partial charge in [-0.2, -0.15) is 4.31 Å². The van der Waals surface area contributed by atoms with Crippen LogP contribution in [-0.2, 0) is 21.2 Å². The summed E-state index contributed by atoms with van der Waals surface area (Å²) in [4.78, 5) is 13.9. The van der Waals surface area contributed by atoms with Crippen LogP contribution in [-0.4, -0.2) is 56.3 Å². The number of para-hydroxylation sites is 1. The molecule has 0 atom stereocenters. The highest BCUT2D eigenvalue weighted by molar-refractivity contribution is 7.89. The fourth-order valence-corrected chi connectivity index (χ4v) is 4.86. The molecule has 0 radical (unpaired) electrons. The molecule has 0 spiro atoms. The van der Waals surface area contributed by atoms with Crippen LogP contribution in [0.3, 0.4) is 0 Å². The van der Waals surface area contributed by atoms with E-state index in [0.29, 0.717) is 32.5 Å². The lowest BCUT2D eigenvalue weighted by atomic mass is 10.1. The molecule has 1 heterocycles. The quantitative estimate of drug-likeness (QED) is 0.691. The normalized spacial score (nSPS) is 15.3. The van der Waals surface area contributed by atoms with E-state index in [1.165, 1.54) is 22.5 Å². The van der Waals surface area contributed by atoms with Crippen molar-refractivity contribution in [1.82, 2.24) is 9.21 Å². The molecular formula is C21H25FN2O4S. The maximum absolute atomic E-state index is 13.9. The number of benzene rings is 2. The smallest absolute Gasteiger partial charge is 0.246 e. The van der Waals surface area contributed by atoms with Crippen LogP contribution in [0.1, 0.15) is 18.9 Å². The van der Waals surface area contributed by atoms with Gasteiger partial charge in [-0.1, -0.05) is 30.3 Å². The molecule has 0 N–H and O–H groups in total. The van der Waals surface area contributed by atoms with Gasteiger partial charge in [0, 0.05) is 32.6 Å². The highest BCUT2D eigenvalue weighted by atomic mass is 32.2. The van der Waals surface area contributed by atoms with Gasteiger partial charge in [-0.3, -0.25) is 4.79 Å². The zero-order chi connectivity index (χ0) is 20.9. The summed E-state index contributed by atoms with van der Waals surface area (Å²) in [5.74, 6) is -0.0122. The number of piperazine rings is 1. The van der Waals surface area contributed by atoms with Crippen LogP contribution in [0, 0.1) is 5.82 Å². The lowest BCUT2D eigenvalue weighted by Gasteiger charge is -2.34. The van der Waals surface area contributed by atoms with E-state index in [2.05, 4.69) is 0 Å². The third-order valence-corrected chi connectivity index (χ3v) is 6.86. The number of halogens is 1. The second-order valence-corrected chi connectivity index (χ2v) is 8.66. The van der Waals surface area contributed by atoms with Crippen molar-refractivity contribution < 1.29 is 22.3 Å². The van der Waals surface area contributed by atoms with Crippen molar-refractivity contribution >= 4 is 15.9 Å². The van der Waals surface area contributed by atoms with Gasteiger partial charge in [0.05, 0.1) is 6.61 Å². The average Bonchev–Trinajstić information content (AvgIpc) is 2.73. The first-order chi connectivity index (χ1) is 13.9. The van der Waals surface area contributed by atoms with Crippen LogP contribution in [0.25, 0.3) is 0 Å². The Balaban J connectivity index is 1.57. The van der Waals surface area contributed by atoms with Gasteiger partial charge in [-0.25, -0.2) is 12.8 Å². The van der Waals surface area contributed by atoms with Gasteiger partial charge < -0.3 is 9.64 Å². The SMILES string of the molecule is CCOc1ccccc1CCC(=O)N1CCN(S(=O)(=O)c2ccccc2F)CC1. The van der Waals surface area contributed by atoms with Gasteiger partial charge >= 0.3 is 0 Å². The van der Waals surface area contributed by atoms with Crippen molar-refractivity contribution in [3.05, 3.63) is 59.9 Å². The summed E-state index contributed by atoms with van der Waals surface area (Å²) in [5, 5.41) is 0. The molecule has 1 amide bonds. The van der Waals surface area contributed by atoms with E-state index in [1.807, 2.05) is 31.2 Å². The Kier molecular flexibility index (Phi) is 6.87. The number of ether oxygens (including phenoxy) is 1. The Labute approximate surface area is 170 Å². The van der Waals surface area contributed by atoms with Crippen LogP contribution < -0.4 is 4.74 Å². The summed E-state index contributed by atoms with van der Waals surface area (Å²) in [5.41, 5.74) is 0.975. The standard InChI is InChI=1S/C21H25FN2O4S/c1-2-28-19-9-5-3-7-17(19)11-12-21(25)23-13-15-24(16-14-23)29(26,27)20-10-6-4-8-18(20)22/h3-10H,2,11-16H2,1H3. The molecule has 6 nitrogen and oxygen atoms in total. The molecule has 0 aromatic heterocycles. The van der Waals surface area contributed by atoms with Crippen LogP contribution in [0.15, 0.2) is 53.4 Å². The topological polar surface area (TPSA) is 66.9 Å². The number of hydrogen-bond acceptors (Lipinski definition) is 4. The fraction of sp³-hybridized carbons (Fsp3) is 0.381. The number of nitrogens with zero attached hydrogens (tertiary/aromatic N) is 2. The second kappa shape index (κ2) is 9.37. The Hall–Kier alpha value is -2.45. The first-order valence-electron chi connectivity index (χ1n) is 9.66. The molecule has 1 saturated heterocycles. The minimum atomic E-state index is -3.91. The van der Waals surface area contributed by atoms with Crippen LogP contribution in [0.5, 0.6) is 5.75 Å². The highest BCUT2D eigenvalue weighted by Crippen LogP contribution is 2.22. The molecule has 0 saturated carbocycles. The first kappa shape index (κ1) is 21.3. The molecule has 0 aliphatic carbocycles. The van der Waals surface area contributed by atoms with E-state index in [1.54, 1.807) is 4.90 Å². The number of sulfonamides is 1. The summed E-state index contributed by atoms with van der Waals surface area (Å²) in [6.45, 7) is 3.36. The van der Waals surface area contributed by atoms with Crippen molar-refractivity contribution in [2.24, 2.45) is 0 Å². The van der Waals surface area contributed by atoms with Crippen molar-refractivity contribution in [1.29, 1.82) is 0 Å². The van der Waals surface area contributed by atoms with Crippen molar-refractivity contribution in [2.45, 2.75) is 24.7 Å². The first-order valence-corrected chi connectivity index (χ1v) is 11.1. The molecule has 3 rings (SSSR count). The molecule has 156 valence electrons. The molecule has 0 bridgehead atoms. The minimum Gasteiger partial charge on any atom is -0.494 e. The third-order valence-electron chi connectivity index (χ3n) is 4.93. The molecule has 2 aromatic rings. The Morgan fingerprint density at radius 2 is 1.69 bits per heavy atom. The predicted octanol–water partition coefficient (Wildman–Crippen LogP) is 2.69. The van der Waals surface area contributed by atoms with Gasteiger partial charge in [0.15, 0.2) is 0 Å². The lowest BCUT2D eigenvalue weighted by Crippen LogP contribution is -2.50. The highest BCUT2D eigenvalue weighted by Gasteiger charge is 2.31. The maximum atomic E-state index is 13.9. The van der Waals surface area contributed by atoms with Gasteiger partial charge in [0.1, 0.15) is 16.5 Å².